The number of rotatable bonds is 3. The lowest BCUT2D eigenvalue weighted by Crippen LogP contribution is -2.46. The van der Waals surface area contributed by atoms with Gasteiger partial charge < -0.3 is 14.7 Å². The number of alkyl halides is 3. The number of benzene rings is 1. The van der Waals surface area contributed by atoms with Crippen molar-refractivity contribution in [1.82, 2.24) is 15.0 Å². The Balaban J connectivity index is 1.60. The Morgan fingerprint density at radius 3 is 2.56 bits per heavy atom. The molecule has 0 unspecified atom stereocenters. The molecule has 1 fully saturated rings. The van der Waals surface area contributed by atoms with Gasteiger partial charge in [-0.2, -0.15) is 18.2 Å². The third-order valence-electron chi connectivity index (χ3n) is 4.30. The Labute approximate surface area is 152 Å². The molecule has 0 atom stereocenters. The fourth-order valence-corrected chi connectivity index (χ4v) is 2.91. The van der Waals surface area contributed by atoms with Crippen LogP contribution >= 0.6 is 0 Å². The van der Waals surface area contributed by atoms with Gasteiger partial charge in [-0.1, -0.05) is 11.2 Å². The lowest BCUT2D eigenvalue weighted by Gasteiger charge is -2.31. The van der Waals surface area contributed by atoms with Gasteiger partial charge in [0.15, 0.2) is 5.82 Å². The second-order valence-corrected chi connectivity index (χ2v) is 6.28. The number of halogens is 3. The summed E-state index contributed by atoms with van der Waals surface area (Å²) in [5.41, 5.74) is 1.15. The van der Waals surface area contributed by atoms with Crippen LogP contribution in [0.2, 0.25) is 0 Å². The highest BCUT2D eigenvalue weighted by atomic mass is 19.4. The van der Waals surface area contributed by atoms with E-state index in [0.717, 1.165) is 4.90 Å². The van der Waals surface area contributed by atoms with Gasteiger partial charge >= 0.3 is 12.1 Å². The third-order valence-corrected chi connectivity index (χ3v) is 4.30. The quantitative estimate of drug-likeness (QED) is 0.882. The number of hydrogen-bond acceptors (Lipinski definition) is 5. The lowest BCUT2D eigenvalue weighted by atomic mass is 9.95. The number of piperidine rings is 1. The highest BCUT2D eigenvalue weighted by molar-refractivity contribution is 5.93. The van der Waals surface area contributed by atoms with Crippen molar-refractivity contribution in [2.24, 2.45) is 5.92 Å². The molecule has 2 heterocycles. The second kappa shape index (κ2) is 7.37. The average Bonchev–Trinajstić information content (AvgIpc) is 3.07. The van der Waals surface area contributed by atoms with Crippen LogP contribution in [0.25, 0.3) is 11.5 Å². The van der Waals surface area contributed by atoms with Gasteiger partial charge in [-0.25, -0.2) is 0 Å². The molecule has 1 aliphatic rings. The van der Waals surface area contributed by atoms with E-state index in [1.165, 1.54) is 0 Å². The first kappa shape index (κ1) is 18.9. The fourth-order valence-electron chi connectivity index (χ4n) is 2.91. The predicted octanol–water partition coefficient (Wildman–Crippen LogP) is 2.78. The van der Waals surface area contributed by atoms with Gasteiger partial charge in [-0.3, -0.25) is 9.59 Å². The highest BCUT2D eigenvalue weighted by Crippen LogP contribution is 2.26. The summed E-state index contributed by atoms with van der Waals surface area (Å²) in [7, 11) is 0. The van der Waals surface area contributed by atoms with Crippen molar-refractivity contribution in [3.05, 3.63) is 30.1 Å². The van der Waals surface area contributed by atoms with Crippen molar-refractivity contribution in [2.45, 2.75) is 25.9 Å². The molecule has 0 bridgehead atoms. The number of hydrogen-bond donors (Lipinski definition) is 1. The fraction of sp³-hybridized carbons (Fsp3) is 0.412. The van der Waals surface area contributed by atoms with E-state index in [4.69, 9.17) is 4.52 Å². The summed E-state index contributed by atoms with van der Waals surface area (Å²) in [6.45, 7) is 1.49. The Morgan fingerprint density at radius 1 is 1.26 bits per heavy atom. The van der Waals surface area contributed by atoms with Crippen LogP contribution in [0.5, 0.6) is 0 Å². The molecule has 1 saturated heterocycles. The molecule has 0 saturated carbocycles. The van der Waals surface area contributed by atoms with Crippen molar-refractivity contribution in [3.8, 4) is 11.5 Å². The summed E-state index contributed by atoms with van der Waals surface area (Å²) >= 11 is 0. The maximum absolute atomic E-state index is 12.5. The zero-order chi connectivity index (χ0) is 19.6. The zero-order valence-corrected chi connectivity index (χ0v) is 14.4. The summed E-state index contributed by atoms with van der Waals surface area (Å²) in [6, 6.07) is 6.83. The third kappa shape index (κ3) is 4.44. The van der Waals surface area contributed by atoms with Crippen molar-refractivity contribution in [2.75, 3.05) is 18.4 Å². The summed E-state index contributed by atoms with van der Waals surface area (Å²) in [4.78, 5) is 28.5. The number of likely N-dealkylation sites (tertiary alicyclic amines) is 1. The van der Waals surface area contributed by atoms with Crippen LogP contribution in [-0.2, 0) is 9.59 Å². The van der Waals surface area contributed by atoms with Crippen LogP contribution in [0.15, 0.2) is 28.8 Å². The first-order valence-corrected chi connectivity index (χ1v) is 8.32. The van der Waals surface area contributed by atoms with Gasteiger partial charge in [-0.05, 0) is 38.0 Å². The number of carbonyl (C=O) groups is 2. The van der Waals surface area contributed by atoms with E-state index in [1.807, 2.05) is 0 Å². The maximum atomic E-state index is 12.5. The van der Waals surface area contributed by atoms with Gasteiger partial charge in [0.2, 0.25) is 5.91 Å². The molecule has 2 aromatic rings. The predicted molar refractivity (Wildman–Crippen MR) is 88.5 cm³/mol. The Morgan fingerprint density at radius 2 is 1.96 bits per heavy atom. The topological polar surface area (TPSA) is 88.3 Å². The molecular formula is C17H17F3N4O3. The molecule has 1 aromatic heterocycles. The van der Waals surface area contributed by atoms with E-state index in [1.54, 1.807) is 31.2 Å². The summed E-state index contributed by atoms with van der Waals surface area (Å²) in [5.74, 6) is -1.81. The molecule has 1 aromatic carbocycles. The van der Waals surface area contributed by atoms with E-state index in [9.17, 15) is 22.8 Å². The number of anilines is 1. The zero-order valence-electron chi connectivity index (χ0n) is 14.4. The summed E-state index contributed by atoms with van der Waals surface area (Å²) in [5, 5.41) is 6.46. The number of aryl methyl sites for hydroxylation is 1. The standard InChI is InChI=1S/C17H17F3N4O3/c1-10-21-15(27-23-10)12-3-2-4-13(9-12)22-14(25)11-5-7-24(8-6-11)16(26)17(18,19)20/h2-4,9,11H,5-8H2,1H3,(H,22,25). The van der Waals surface area contributed by atoms with Crippen LogP contribution in [0.3, 0.4) is 0 Å². The molecule has 0 radical (unpaired) electrons. The van der Waals surface area contributed by atoms with Crippen LogP contribution in [0, 0.1) is 12.8 Å². The first-order chi connectivity index (χ1) is 12.7. The minimum absolute atomic E-state index is 0.0995. The molecular weight excluding hydrogens is 365 g/mol. The number of carbonyl (C=O) groups excluding carboxylic acids is 2. The number of nitrogens with one attached hydrogen (secondary N) is 1. The molecule has 7 nitrogen and oxygen atoms in total. The normalized spacial score (nSPS) is 15.6. The monoisotopic (exact) mass is 382 g/mol. The van der Waals surface area contributed by atoms with E-state index in [2.05, 4.69) is 15.5 Å². The minimum Gasteiger partial charge on any atom is -0.335 e. The smallest absolute Gasteiger partial charge is 0.335 e. The van der Waals surface area contributed by atoms with E-state index >= 15 is 0 Å². The maximum Gasteiger partial charge on any atom is 0.471 e. The molecule has 2 amide bonds. The average molecular weight is 382 g/mol. The molecule has 144 valence electrons. The van der Waals surface area contributed by atoms with Crippen molar-refractivity contribution in [1.29, 1.82) is 0 Å². The number of nitrogens with zero attached hydrogens (tertiary/aromatic N) is 3. The van der Waals surface area contributed by atoms with Crippen molar-refractivity contribution >= 4 is 17.5 Å². The SMILES string of the molecule is Cc1noc(-c2cccc(NC(=O)C3CCN(C(=O)C(F)(F)F)CC3)c2)n1. The summed E-state index contributed by atoms with van der Waals surface area (Å²) in [6.07, 6.45) is -4.53. The molecule has 0 aliphatic carbocycles. The molecule has 27 heavy (non-hydrogen) atoms. The van der Waals surface area contributed by atoms with Crippen LogP contribution in [0.1, 0.15) is 18.7 Å². The van der Waals surface area contributed by atoms with Crippen LogP contribution in [-0.4, -0.2) is 46.1 Å². The molecule has 1 aliphatic heterocycles. The highest BCUT2D eigenvalue weighted by Gasteiger charge is 2.43. The molecule has 3 rings (SSSR count). The second-order valence-electron chi connectivity index (χ2n) is 6.28. The van der Waals surface area contributed by atoms with Gasteiger partial charge in [0.1, 0.15) is 0 Å². The van der Waals surface area contributed by atoms with Crippen molar-refractivity contribution < 1.29 is 27.3 Å². The van der Waals surface area contributed by atoms with Crippen LogP contribution in [0.4, 0.5) is 18.9 Å². The largest absolute Gasteiger partial charge is 0.471 e. The number of amides is 2. The first-order valence-electron chi connectivity index (χ1n) is 8.32. The Hall–Kier alpha value is -2.91. The van der Waals surface area contributed by atoms with Crippen LogP contribution < -0.4 is 5.32 Å². The minimum atomic E-state index is -4.89. The Kier molecular flexibility index (Phi) is 5.15. The lowest BCUT2D eigenvalue weighted by molar-refractivity contribution is -0.186. The molecule has 1 N–H and O–H groups in total. The van der Waals surface area contributed by atoms with E-state index < -0.39 is 18.0 Å². The van der Waals surface area contributed by atoms with Gasteiger partial charge in [0, 0.05) is 30.3 Å². The van der Waals surface area contributed by atoms with Gasteiger partial charge in [0.05, 0.1) is 0 Å². The number of aromatic nitrogens is 2. The van der Waals surface area contributed by atoms with Gasteiger partial charge in [0.25, 0.3) is 5.89 Å². The Bertz CT molecular complexity index is 842. The van der Waals surface area contributed by atoms with Crippen molar-refractivity contribution in [3.63, 3.8) is 0 Å². The van der Waals surface area contributed by atoms with E-state index in [-0.39, 0.29) is 31.8 Å². The van der Waals surface area contributed by atoms with Gasteiger partial charge in [-0.15, -0.1) is 0 Å². The molecule has 0 spiro atoms. The summed E-state index contributed by atoms with van der Waals surface area (Å²) < 4.78 is 42.5. The van der Waals surface area contributed by atoms with E-state index in [0.29, 0.717) is 23.0 Å². The molecule has 10 heteroatoms.